The predicted octanol–water partition coefficient (Wildman–Crippen LogP) is 2.91. The molecule has 0 saturated heterocycles. The van der Waals surface area contributed by atoms with Crippen LogP contribution in [0.2, 0.25) is 0 Å². The Balaban J connectivity index is 2.94. The molecule has 0 saturated carbocycles. The highest BCUT2D eigenvalue weighted by Crippen LogP contribution is 2.36. The molecule has 0 fully saturated rings. The van der Waals surface area contributed by atoms with Crippen LogP contribution in [0.25, 0.3) is 0 Å². The number of benzene rings is 1. The summed E-state index contributed by atoms with van der Waals surface area (Å²) in [6.07, 6.45) is -9.00. The number of carbonyl (C=O) groups is 1. The second-order valence-electron chi connectivity index (χ2n) is 5.82. The van der Waals surface area contributed by atoms with Gasteiger partial charge in [-0.05, 0) is 38.0 Å². The third-order valence-corrected chi connectivity index (χ3v) is 3.37. The number of hydrogen-bond acceptors (Lipinski definition) is 3. The average Bonchev–Trinajstić information content (AvgIpc) is 2.48. The van der Waals surface area contributed by atoms with Crippen LogP contribution < -0.4 is 16.8 Å². The second-order valence-corrected chi connectivity index (χ2v) is 5.82. The fourth-order valence-electron chi connectivity index (χ4n) is 1.99. The van der Waals surface area contributed by atoms with E-state index in [1.807, 2.05) is 0 Å². The molecule has 142 valence electrons. The lowest BCUT2D eigenvalue weighted by Crippen LogP contribution is -2.38. The van der Waals surface area contributed by atoms with Gasteiger partial charge in [-0.2, -0.15) is 26.3 Å². The fraction of sp³-hybridized carbons (Fsp3) is 0.533. The number of carbonyl (C=O) groups excluding carboxylic acids is 1. The van der Waals surface area contributed by atoms with Crippen molar-refractivity contribution in [1.82, 2.24) is 5.32 Å². The molecule has 1 aromatic rings. The normalized spacial score (nSPS) is 14.9. The number of alkyl halides is 6. The van der Waals surface area contributed by atoms with Crippen molar-refractivity contribution in [2.75, 3.05) is 6.54 Å². The van der Waals surface area contributed by atoms with Gasteiger partial charge >= 0.3 is 12.4 Å². The highest BCUT2D eigenvalue weighted by Gasteiger charge is 2.37. The van der Waals surface area contributed by atoms with Crippen LogP contribution >= 0.6 is 0 Å². The quantitative estimate of drug-likeness (QED) is 0.673. The first-order valence-electron chi connectivity index (χ1n) is 7.39. The van der Waals surface area contributed by atoms with Crippen molar-refractivity contribution < 1.29 is 31.1 Å². The molecule has 0 aliphatic heterocycles. The number of nitrogens with one attached hydrogen (secondary N) is 1. The molecular weight excluding hydrogens is 352 g/mol. The Morgan fingerprint density at radius 2 is 1.48 bits per heavy atom. The minimum atomic E-state index is -5.01. The highest BCUT2D eigenvalue weighted by atomic mass is 19.4. The molecule has 0 aliphatic carbocycles. The lowest BCUT2D eigenvalue weighted by atomic mass is 10.0. The van der Waals surface area contributed by atoms with E-state index in [1.54, 1.807) is 6.92 Å². The molecule has 0 bridgehead atoms. The van der Waals surface area contributed by atoms with Crippen molar-refractivity contribution in [2.45, 2.75) is 44.2 Å². The fourth-order valence-corrected chi connectivity index (χ4v) is 1.99. The summed E-state index contributed by atoms with van der Waals surface area (Å²) in [4.78, 5) is 11.9. The van der Waals surface area contributed by atoms with E-state index >= 15 is 0 Å². The Kier molecular flexibility index (Phi) is 6.83. The number of rotatable bonds is 6. The monoisotopic (exact) mass is 371 g/mol. The Morgan fingerprint density at radius 3 is 1.88 bits per heavy atom. The molecule has 1 rings (SSSR count). The zero-order valence-electron chi connectivity index (χ0n) is 13.3. The molecule has 10 heteroatoms. The molecule has 1 amide bonds. The largest absolute Gasteiger partial charge is 0.416 e. The zero-order chi connectivity index (χ0) is 19.4. The first-order chi connectivity index (χ1) is 11.3. The van der Waals surface area contributed by atoms with Crippen molar-refractivity contribution in [3.63, 3.8) is 0 Å². The van der Waals surface area contributed by atoms with Crippen LogP contribution in [0.1, 0.15) is 41.3 Å². The summed E-state index contributed by atoms with van der Waals surface area (Å²) < 4.78 is 76.6. The Bertz CT molecular complexity index is 566. The summed E-state index contributed by atoms with van der Waals surface area (Å²) >= 11 is 0. The van der Waals surface area contributed by atoms with Crippen LogP contribution in [0.4, 0.5) is 26.3 Å². The van der Waals surface area contributed by atoms with Gasteiger partial charge < -0.3 is 16.8 Å². The highest BCUT2D eigenvalue weighted by molar-refractivity contribution is 5.94. The standard InChI is InChI=1S/C15H19F6N3O/c1-8(22)2-3-12(23)7-24-13(25)9-4-10(14(16,17)18)6-11(5-9)15(19,20)21/h4-6,8,12H,2-3,7,22-23H2,1H3,(H,24,25). The SMILES string of the molecule is CC(N)CCC(N)CNC(=O)c1cc(C(F)(F)F)cc(C(F)(F)F)c1. The summed E-state index contributed by atoms with van der Waals surface area (Å²) in [5.74, 6) is -1.06. The van der Waals surface area contributed by atoms with Gasteiger partial charge in [0.25, 0.3) is 5.91 Å². The van der Waals surface area contributed by atoms with Crippen molar-refractivity contribution >= 4 is 5.91 Å². The van der Waals surface area contributed by atoms with E-state index in [4.69, 9.17) is 11.5 Å². The van der Waals surface area contributed by atoms with Gasteiger partial charge in [-0.25, -0.2) is 0 Å². The first-order valence-corrected chi connectivity index (χ1v) is 7.39. The Hall–Kier alpha value is -1.81. The molecule has 0 aromatic heterocycles. The number of hydrogen-bond donors (Lipinski definition) is 3. The van der Waals surface area contributed by atoms with Crippen molar-refractivity contribution in [3.8, 4) is 0 Å². The van der Waals surface area contributed by atoms with E-state index in [2.05, 4.69) is 5.32 Å². The van der Waals surface area contributed by atoms with Crippen LogP contribution in [-0.4, -0.2) is 24.5 Å². The van der Waals surface area contributed by atoms with E-state index < -0.39 is 41.0 Å². The predicted molar refractivity (Wildman–Crippen MR) is 79.6 cm³/mol. The summed E-state index contributed by atoms with van der Waals surface area (Å²) in [7, 11) is 0. The maximum absolute atomic E-state index is 12.8. The van der Waals surface area contributed by atoms with Gasteiger partial charge in [0.15, 0.2) is 0 Å². The Labute approximate surface area is 140 Å². The lowest BCUT2D eigenvalue weighted by Gasteiger charge is -2.16. The molecule has 0 spiro atoms. The number of amides is 1. The molecular formula is C15H19F6N3O. The number of nitrogens with two attached hydrogens (primary N) is 2. The molecule has 2 atom stereocenters. The van der Waals surface area contributed by atoms with Gasteiger partial charge in [-0.3, -0.25) is 4.79 Å². The molecule has 1 aromatic carbocycles. The van der Waals surface area contributed by atoms with E-state index in [1.165, 1.54) is 0 Å². The second kappa shape index (κ2) is 8.05. The minimum absolute atomic E-state index is 0.0366. The van der Waals surface area contributed by atoms with Crippen LogP contribution in [0, 0.1) is 0 Å². The van der Waals surface area contributed by atoms with Gasteiger partial charge in [0.1, 0.15) is 0 Å². The maximum atomic E-state index is 12.8. The average molecular weight is 371 g/mol. The van der Waals surface area contributed by atoms with Crippen LogP contribution in [0.5, 0.6) is 0 Å². The molecule has 4 nitrogen and oxygen atoms in total. The van der Waals surface area contributed by atoms with Crippen molar-refractivity contribution in [2.24, 2.45) is 11.5 Å². The molecule has 0 radical (unpaired) electrons. The topological polar surface area (TPSA) is 81.1 Å². The molecule has 25 heavy (non-hydrogen) atoms. The minimum Gasteiger partial charge on any atom is -0.350 e. The Morgan fingerprint density at radius 1 is 1.00 bits per heavy atom. The maximum Gasteiger partial charge on any atom is 0.416 e. The van der Waals surface area contributed by atoms with Crippen molar-refractivity contribution in [1.29, 1.82) is 0 Å². The van der Waals surface area contributed by atoms with E-state index in [0.29, 0.717) is 25.0 Å². The van der Waals surface area contributed by atoms with E-state index in [-0.39, 0.29) is 18.7 Å². The molecule has 2 unspecified atom stereocenters. The van der Waals surface area contributed by atoms with Gasteiger partial charge in [0.2, 0.25) is 0 Å². The van der Waals surface area contributed by atoms with Gasteiger partial charge in [0, 0.05) is 24.2 Å². The summed E-state index contributed by atoms with van der Waals surface area (Å²) in [6.45, 7) is 1.66. The number of halogens is 6. The van der Waals surface area contributed by atoms with Crippen LogP contribution in [0.3, 0.4) is 0 Å². The lowest BCUT2D eigenvalue weighted by molar-refractivity contribution is -0.143. The molecule has 0 heterocycles. The molecule has 0 aliphatic rings. The summed E-state index contributed by atoms with van der Waals surface area (Å²) in [5, 5.41) is 2.24. The van der Waals surface area contributed by atoms with E-state index in [0.717, 1.165) is 0 Å². The summed E-state index contributed by atoms with van der Waals surface area (Å²) in [5.41, 5.74) is 7.43. The summed E-state index contributed by atoms with van der Waals surface area (Å²) in [6, 6.07) is 0.0868. The first kappa shape index (κ1) is 21.2. The zero-order valence-corrected chi connectivity index (χ0v) is 13.3. The smallest absolute Gasteiger partial charge is 0.350 e. The van der Waals surface area contributed by atoms with Crippen LogP contribution in [-0.2, 0) is 12.4 Å². The molecule has 5 N–H and O–H groups in total. The van der Waals surface area contributed by atoms with E-state index in [9.17, 15) is 31.1 Å². The van der Waals surface area contributed by atoms with Gasteiger partial charge in [-0.15, -0.1) is 0 Å². The van der Waals surface area contributed by atoms with Crippen LogP contribution in [0.15, 0.2) is 18.2 Å². The third-order valence-electron chi connectivity index (χ3n) is 3.37. The third kappa shape index (κ3) is 6.91. The van der Waals surface area contributed by atoms with Gasteiger partial charge in [0.05, 0.1) is 11.1 Å². The van der Waals surface area contributed by atoms with Gasteiger partial charge in [-0.1, -0.05) is 0 Å². The van der Waals surface area contributed by atoms with Crippen molar-refractivity contribution in [3.05, 3.63) is 34.9 Å².